The van der Waals surface area contributed by atoms with Crippen molar-refractivity contribution in [2.75, 3.05) is 18.0 Å². The number of piperazine rings is 1. The van der Waals surface area contributed by atoms with E-state index in [1.807, 2.05) is 0 Å². The third-order valence-electron chi connectivity index (χ3n) is 7.66. The Labute approximate surface area is 206 Å². The summed E-state index contributed by atoms with van der Waals surface area (Å²) in [7, 11) is 0. The van der Waals surface area contributed by atoms with Crippen LogP contribution in [-0.2, 0) is 0 Å². The molecule has 0 amide bonds. The van der Waals surface area contributed by atoms with Gasteiger partial charge >= 0.3 is 0 Å². The van der Waals surface area contributed by atoms with Crippen LogP contribution in [0, 0.1) is 24.0 Å². The van der Waals surface area contributed by atoms with E-state index < -0.39 is 11.6 Å². The smallest absolute Gasteiger partial charge is 0.175 e. The molecule has 6 nitrogen and oxygen atoms in total. The lowest BCUT2D eigenvalue weighted by molar-refractivity contribution is 0.464. The number of pyridine rings is 1. The molecule has 4 heterocycles. The lowest BCUT2D eigenvalue weighted by atomic mass is 9.95. The lowest BCUT2D eigenvalue weighted by Gasteiger charge is -2.34. The van der Waals surface area contributed by atoms with Crippen molar-refractivity contribution < 1.29 is 13.9 Å². The molecule has 7 rings (SSSR count). The predicted molar refractivity (Wildman–Crippen MR) is 134 cm³/mol. The van der Waals surface area contributed by atoms with Crippen molar-refractivity contribution in [3.8, 4) is 29.4 Å². The van der Waals surface area contributed by atoms with E-state index in [2.05, 4.69) is 26.1 Å². The first kappa shape index (κ1) is 21.5. The average Bonchev–Trinajstić information content (AvgIpc) is 3.67. The molecule has 3 aliphatic rings. The van der Waals surface area contributed by atoms with E-state index in [1.54, 1.807) is 0 Å². The van der Waals surface area contributed by atoms with Crippen molar-refractivity contribution in [2.24, 2.45) is 0 Å². The van der Waals surface area contributed by atoms with E-state index in [1.165, 1.54) is 30.6 Å². The van der Waals surface area contributed by atoms with E-state index in [-0.39, 0.29) is 34.0 Å². The molecule has 0 spiro atoms. The average molecular weight is 484 g/mol. The minimum Gasteiger partial charge on any atom is -0.508 e. The predicted octanol–water partition coefficient (Wildman–Crippen LogP) is 4.63. The molecule has 1 aliphatic carbocycles. The lowest BCUT2D eigenvalue weighted by Crippen LogP contribution is -2.51. The van der Waals surface area contributed by atoms with Crippen LogP contribution < -0.4 is 10.2 Å². The van der Waals surface area contributed by atoms with E-state index in [9.17, 15) is 9.50 Å². The van der Waals surface area contributed by atoms with Gasteiger partial charge in [0.05, 0.1) is 16.6 Å². The van der Waals surface area contributed by atoms with Crippen molar-refractivity contribution in [2.45, 2.75) is 43.7 Å². The number of nitrogens with zero attached hydrogens (tertiary/aromatic N) is 4. The second-order valence-corrected chi connectivity index (χ2v) is 10.1. The van der Waals surface area contributed by atoms with Crippen molar-refractivity contribution in [3.63, 3.8) is 0 Å². The van der Waals surface area contributed by atoms with Gasteiger partial charge in [0.25, 0.3) is 0 Å². The van der Waals surface area contributed by atoms with Crippen LogP contribution in [0.4, 0.5) is 14.6 Å². The zero-order chi connectivity index (χ0) is 24.6. The van der Waals surface area contributed by atoms with E-state index in [0.717, 1.165) is 50.3 Å². The van der Waals surface area contributed by atoms with Gasteiger partial charge in [0.2, 0.25) is 0 Å². The summed E-state index contributed by atoms with van der Waals surface area (Å²) in [5.41, 5.74) is 1.21. The Bertz CT molecular complexity index is 1600. The number of anilines is 1. The maximum absolute atomic E-state index is 16.3. The molecule has 2 atom stereocenters. The molecule has 8 heteroatoms. The standard InChI is InChI=1S/C28H23F2N5O/c1-2-19-21(29)8-5-15-9-18(36)10-20(22(15)19)26-24(30)27-23(25(34-26)14-3-4-14)28(32-13-31-27)35-11-16-6-7-17(12-35)33-16/h1,5,8-10,13-14,16-17,33,36H,3-4,6-7,11-12H2. The Kier molecular flexibility index (Phi) is 4.67. The van der Waals surface area contributed by atoms with Crippen LogP contribution in [-0.4, -0.2) is 45.2 Å². The van der Waals surface area contributed by atoms with Crippen molar-refractivity contribution in [1.82, 2.24) is 20.3 Å². The summed E-state index contributed by atoms with van der Waals surface area (Å²) in [6, 6.07) is 6.44. The number of aromatic nitrogens is 3. The number of phenols is 1. The number of rotatable bonds is 3. The first-order valence-corrected chi connectivity index (χ1v) is 12.3. The molecular weight excluding hydrogens is 460 g/mol. The maximum Gasteiger partial charge on any atom is 0.175 e. The van der Waals surface area contributed by atoms with Crippen molar-refractivity contribution in [1.29, 1.82) is 0 Å². The summed E-state index contributed by atoms with van der Waals surface area (Å²) in [4.78, 5) is 16.0. The Morgan fingerprint density at radius 3 is 2.53 bits per heavy atom. The fourth-order valence-electron chi connectivity index (χ4n) is 5.91. The van der Waals surface area contributed by atoms with Crippen LogP contribution in [0.5, 0.6) is 5.75 Å². The Morgan fingerprint density at radius 2 is 1.81 bits per heavy atom. The minimum atomic E-state index is -0.629. The van der Waals surface area contributed by atoms with E-state index in [0.29, 0.717) is 28.2 Å². The number of halogens is 2. The molecule has 2 unspecified atom stereocenters. The van der Waals surface area contributed by atoms with Gasteiger partial charge in [-0.1, -0.05) is 12.0 Å². The summed E-state index contributed by atoms with van der Waals surface area (Å²) >= 11 is 0. The molecule has 2 N–H and O–H groups in total. The van der Waals surface area contributed by atoms with Gasteiger partial charge in [-0.15, -0.1) is 6.42 Å². The van der Waals surface area contributed by atoms with Gasteiger partial charge in [-0.05, 0) is 49.3 Å². The van der Waals surface area contributed by atoms with E-state index >= 15 is 4.39 Å². The summed E-state index contributed by atoms with van der Waals surface area (Å²) in [5, 5.41) is 15.6. The molecule has 2 aliphatic heterocycles. The Morgan fingerprint density at radius 1 is 1.03 bits per heavy atom. The summed E-state index contributed by atoms with van der Waals surface area (Å²) in [6.07, 6.45) is 11.2. The monoisotopic (exact) mass is 483 g/mol. The van der Waals surface area contributed by atoms with Crippen molar-refractivity contribution >= 4 is 27.5 Å². The Hall–Kier alpha value is -3.83. The van der Waals surface area contributed by atoms with Crippen LogP contribution in [0.3, 0.4) is 0 Å². The molecule has 2 saturated heterocycles. The number of aromatic hydroxyl groups is 1. The fourth-order valence-corrected chi connectivity index (χ4v) is 5.91. The number of phenolic OH excluding ortho intramolecular Hbond substituents is 1. The molecule has 0 radical (unpaired) electrons. The topological polar surface area (TPSA) is 74.2 Å². The largest absolute Gasteiger partial charge is 0.508 e. The highest BCUT2D eigenvalue weighted by Gasteiger charge is 2.36. The third kappa shape index (κ3) is 3.23. The molecule has 1 saturated carbocycles. The van der Waals surface area contributed by atoms with Gasteiger partial charge in [0.1, 0.15) is 34.9 Å². The van der Waals surface area contributed by atoms with Gasteiger partial charge in [0.15, 0.2) is 5.82 Å². The molecule has 36 heavy (non-hydrogen) atoms. The number of benzene rings is 2. The van der Waals surface area contributed by atoms with Crippen LogP contribution in [0.1, 0.15) is 42.9 Å². The SMILES string of the molecule is C#Cc1c(F)ccc2cc(O)cc(-c3nc(C4CC4)c4c(N5CC6CCC(C5)N6)ncnc4c3F)c12. The highest BCUT2D eigenvalue weighted by Crippen LogP contribution is 2.47. The zero-order valence-electron chi connectivity index (χ0n) is 19.4. The first-order valence-electron chi connectivity index (χ1n) is 12.3. The van der Waals surface area contributed by atoms with E-state index in [4.69, 9.17) is 11.4 Å². The summed E-state index contributed by atoms with van der Waals surface area (Å²) < 4.78 is 31.0. The molecule has 180 valence electrons. The van der Waals surface area contributed by atoms with Crippen molar-refractivity contribution in [3.05, 3.63) is 53.5 Å². The number of nitrogens with one attached hydrogen (secondary N) is 1. The normalized spacial score (nSPS) is 21.3. The quantitative estimate of drug-likeness (QED) is 0.414. The molecule has 2 aromatic carbocycles. The summed E-state index contributed by atoms with van der Waals surface area (Å²) in [6.45, 7) is 1.61. The molecule has 4 aromatic rings. The van der Waals surface area contributed by atoms with Gasteiger partial charge in [-0.3, -0.25) is 0 Å². The number of terminal acetylenes is 1. The van der Waals surface area contributed by atoms with Crippen LogP contribution in [0.15, 0.2) is 30.6 Å². The van der Waals surface area contributed by atoms with Crippen LogP contribution in [0.25, 0.3) is 32.9 Å². The third-order valence-corrected chi connectivity index (χ3v) is 7.66. The highest BCUT2D eigenvalue weighted by molar-refractivity contribution is 6.03. The first-order chi connectivity index (χ1) is 17.5. The zero-order valence-corrected chi connectivity index (χ0v) is 19.4. The second kappa shape index (κ2) is 7.84. The molecule has 2 aromatic heterocycles. The van der Waals surface area contributed by atoms with Crippen LogP contribution in [0.2, 0.25) is 0 Å². The van der Waals surface area contributed by atoms with Crippen LogP contribution >= 0.6 is 0 Å². The maximum atomic E-state index is 16.3. The highest BCUT2D eigenvalue weighted by atomic mass is 19.1. The summed E-state index contributed by atoms with van der Waals surface area (Å²) in [5.74, 6) is 1.99. The van der Waals surface area contributed by atoms with Gasteiger partial charge < -0.3 is 15.3 Å². The van der Waals surface area contributed by atoms with Gasteiger partial charge in [-0.2, -0.15) is 0 Å². The minimum absolute atomic E-state index is 0.0106. The fraction of sp³-hybridized carbons (Fsp3) is 0.321. The number of hydrogen-bond donors (Lipinski definition) is 2. The second-order valence-electron chi connectivity index (χ2n) is 10.1. The molecule has 3 fully saturated rings. The van der Waals surface area contributed by atoms with Gasteiger partial charge in [-0.25, -0.2) is 23.7 Å². The Balaban J connectivity index is 1.51. The molecule has 2 bridgehead atoms. The van der Waals surface area contributed by atoms with Gasteiger partial charge in [0, 0.05) is 42.0 Å². The number of hydrogen-bond acceptors (Lipinski definition) is 6. The number of fused-ring (bicyclic) bond motifs is 4. The molecular formula is C28H23F2N5O.